The van der Waals surface area contributed by atoms with Crippen molar-refractivity contribution < 1.29 is 22.7 Å². The number of carbonyl (C=O) groups excluding carboxylic acids is 1. The SMILES string of the molecule is Cc1ccccc1OCCN(C)CC(=O)NCC(F)(F)F. The minimum absolute atomic E-state index is 0.104. The van der Waals surface area contributed by atoms with Crippen molar-refractivity contribution in [2.75, 3.05) is 33.3 Å². The Balaban J connectivity index is 2.23. The van der Waals surface area contributed by atoms with Crippen LogP contribution in [0, 0.1) is 6.92 Å². The molecule has 7 heteroatoms. The van der Waals surface area contributed by atoms with Crippen molar-refractivity contribution in [2.24, 2.45) is 0 Å². The highest BCUT2D eigenvalue weighted by molar-refractivity contribution is 5.77. The Morgan fingerprint density at radius 3 is 2.62 bits per heavy atom. The predicted octanol–water partition coefficient (Wildman–Crippen LogP) is 1.98. The Morgan fingerprint density at radius 2 is 2.00 bits per heavy atom. The second-order valence-electron chi connectivity index (χ2n) is 4.74. The van der Waals surface area contributed by atoms with Crippen LogP contribution in [-0.2, 0) is 4.79 Å². The number of carbonyl (C=O) groups is 1. The number of alkyl halides is 3. The smallest absolute Gasteiger partial charge is 0.405 e. The molecule has 0 saturated heterocycles. The second kappa shape index (κ2) is 7.87. The van der Waals surface area contributed by atoms with E-state index in [0.29, 0.717) is 13.2 Å². The summed E-state index contributed by atoms with van der Waals surface area (Å²) >= 11 is 0. The minimum atomic E-state index is -4.39. The lowest BCUT2D eigenvalue weighted by Crippen LogP contribution is -2.40. The third-order valence-corrected chi connectivity index (χ3v) is 2.72. The standard InChI is InChI=1S/C14H19F3N2O2/c1-11-5-3-4-6-12(11)21-8-7-19(2)9-13(20)18-10-14(15,16)17/h3-6H,7-10H2,1-2H3,(H,18,20). The first-order valence-corrected chi connectivity index (χ1v) is 6.48. The van der Waals surface area contributed by atoms with E-state index in [1.54, 1.807) is 11.9 Å². The molecule has 118 valence electrons. The number of nitrogens with one attached hydrogen (secondary N) is 1. The van der Waals surface area contributed by atoms with Gasteiger partial charge in [0.2, 0.25) is 5.91 Å². The quantitative estimate of drug-likeness (QED) is 0.837. The lowest BCUT2D eigenvalue weighted by Gasteiger charge is -2.17. The van der Waals surface area contributed by atoms with Crippen LogP contribution in [0.15, 0.2) is 24.3 Å². The summed E-state index contributed by atoms with van der Waals surface area (Å²) in [6.07, 6.45) is -4.39. The molecule has 0 heterocycles. The summed E-state index contributed by atoms with van der Waals surface area (Å²) in [6, 6.07) is 7.52. The van der Waals surface area contributed by atoms with E-state index in [4.69, 9.17) is 4.74 Å². The maximum atomic E-state index is 11.9. The lowest BCUT2D eigenvalue weighted by atomic mass is 10.2. The van der Waals surface area contributed by atoms with Crippen LogP contribution in [0.1, 0.15) is 5.56 Å². The van der Waals surface area contributed by atoms with E-state index < -0.39 is 18.6 Å². The Labute approximate surface area is 121 Å². The van der Waals surface area contributed by atoms with Crippen LogP contribution in [0.2, 0.25) is 0 Å². The van der Waals surface area contributed by atoms with Gasteiger partial charge in [0, 0.05) is 6.54 Å². The van der Waals surface area contributed by atoms with Crippen LogP contribution in [0.4, 0.5) is 13.2 Å². The molecule has 0 aliphatic rings. The molecular formula is C14H19F3N2O2. The summed E-state index contributed by atoms with van der Waals surface area (Å²) < 4.78 is 41.3. The van der Waals surface area contributed by atoms with Crippen molar-refractivity contribution in [2.45, 2.75) is 13.1 Å². The molecule has 1 rings (SSSR count). The van der Waals surface area contributed by atoms with Crippen LogP contribution >= 0.6 is 0 Å². The topological polar surface area (TPSA) is 41.6 Å². The molecule has 0 aliphatic carbocycles. The first-order chi connectivity index (χ1) is 9.78. The molecule has 0 aliphatic heterocycles. The Bertz CT molecular complexity index is 464. The number of benzene rings is 1. The molecular weight excluding hydrogens is 285 g/mol. The molecule has 0 bridgehead atoms. The van der Waals surface area contributed by atoms with E-state index in [9.17, 15) is 18.0 Å². The number of nitrogens with zero attached hydrogens (tertiary/aromatic N) is 1. The number of ether oxygens (including phenoxy) is 1. The van der Waals surface area contributed by atoms with E-state index in [-0.39, 0.29) is 6.54 Å². The van der Waals surface area contributed by atoms with Crippen LogP contribution < -0.4 is 10.1 Å². The van der Waals surface area contributed by atoms with E-state index in [1.165, 1.54) is 0 Å². The zero-order valence-electron chi connectivity index (χ0n) is 12.0. The van der Waals surface area contributed by atoms with Crippen molar-refractivity contribution >= 4 is 5.91 Å². The number of likely N-dealkylation sites (N-methyl/N-ethyl adjacent to an activating group) is 1. The summed E-state index contributed by atoms with van der Waals surface area (Å²) in [7, 11) is 1.65. The van der Waals surface area contributed by atoms with Gasteiger partial charge in [-0.1, -0.05) is 18.2 Å². The zero-order valence-corrected chi connectivity index (χ0v) is 12.0. The molecule has 1 amide bonds. The van der Waals surface area contributed by atoms with Crippen LogP contribution in [0.3, 0.4) is 0 Å². The summed E-state index contributed by atoms with van der Waals surface area (Å²) in [5.41, 5.74) is 1.00. The summed E-state index contributed by atoms with van der Waals surface area (Å²) in [4.78, 5) is 12.9. The van der Waals surface area contributed by atoms with Crippen molar-refractivity contribution in [1.29, 1.82) is 0 Å². The maximum absolute atomic E-state index is 11.9. The van der Waals surface area contributed by atoms with Crippen LogP contribution in [0.5, 0.6) is 5.75 Å². The fourth-order valence-corrected chi connectivity index (χ4v) is 1.61. The average Bonchev–Trinajstić information content (AvgIpc) is 2.38. The molecule has 1 N–H and O–H groups in total. The number of para-hydroxylation sites is 1. The van der Waals surface area contributed by atoms with Gasteiger partial charge >= 0.3 is 6.18 Å². The predicted molar refractivity (Wildman–Crippen MR) is 73.2 cm³/mol. The number of amides is 1. The van der Waals surface area contributed by atoms with Crippen LogP contribution in [-0.4, -0.2) is 50.3 Å². The first kappa shape index (κ1) is 17.3. The van der Waals surface area contributed by atoms with Gasteiger partial charge < -0.3 is 10.1 Å². The highest BCUT2D eigenvalue weighted by Crippen LogP contribution is 2.15. The molecule has 0 saturated carbocycles. The highest BCUT2D eigenvalue weighted by Gasteiger charge is 2.27. The van der Waals surface area contributed by atoms with Crippen LogP contribution in [0.25, 0.3) is 0 Å². The molecule has 0 unspecified atom stereocenters. The third kappa shape index (κ3) is 7.55. The Hall–Kier alpha value is -1.76. The maximum Gasteiger partial charge on any atom is 0.405 e. The summed E-state index contributed by atoms with van der Waals surface area (Å²) in [5.74, 6) is 0.0955. The number of hydrogen-bond acceptors (Lipinski definition) is 3. The third-order valence-electron chi connectivity index (χ3n) is 2.72. The van der Waals surface area contributed by atoms with Gasteiger partial charge in [-0.15, -0.1) is 0 Å². The molecule has 4 nitrogen and oxygen atoms in total. The summed E-state index contributed by atoms with van der Waals surface area (Å²) in [6.45, 7) is 1.30. The van der Waals surface area contributed by atoms with Gasteiger partial charge in [0.05, 0.1) is 6.54 Å². The van der Waals surface area contributed by atoms with Gasteiger partial charge in [-0.05, 0) is 25.6 Å². The number of halogens is 3. The molecule has 1 aromatic carbocycles. The Morgan fingerprint density at radius 1 is 1.33 bits per heavy atom. The fraction of sp³-hybridized carbons (Fsp3) is 0.500. The summed E-state index contributed by atoms with van der Waals surface area (Å²) in [5, 5.41) is 1.82. The first-order valence-electron chi connectivity index (χ1n) is 6.48. The van der Waals surface area contributed by atoms with E-state index in [2.05, 4.69) is 0 Å². The second-order valence-corrected chi connectivity index (χ2v) is 4.74. The van der Waals surface area contributed by atoms with Gasteiger partial charge in [-0.2, -0.15) is 13.2 Å². The van der Waals surface area contributed by atoms with Gasteiger partial charge in [-0.3, -0.25) is 9.69 Å². The monoisotopic (exact) mass is 304 g/mol. The average molecular weight is 304 g/mol. The number of rotatable bonds is 7. The molecule has 21 heavy (non-hydrogen) atoms. The van der Waals surface area contributed by atoms with Crippen molar-refractivity contribution in [3.05, 3.63) is 29.8 Å². The van der Waals surface area contributed by atoms with Gasteiger partial charge in [0.25, 0.3) is 0 Å². The van der Waals surface area contributed by atoms with Crippen molar-refractivity contribution in [3.63, 3.8) is 0 Å². The van der Waals surface area contributed by atoms with Gasteiger partial charge in [-0.25, -0.2) is 0 Å². The van der Waals surface area contributed by atoms with Crippen molar-refractivity contribution in [3.8, 4) is 5.75 Å². The molecule has 1 aromatic rings. The highest BCUT2D eigenvalue weighted by atomic mass is 19.4. The molecule has 0 fully saturated rings. The molecule has 0 atom stereocenters. The molecule has 0 spiro atoms. The lowest BCUT2D eigenvalue weighted by molar-refractivity contribution is -0.138. The van der Waals surface area contributed by atoms with E-state index in [0.717, 1.165) is 11.3 Å². The molecule has 0 radical (unpaired) electrons. The largest absolute Gasteiger partial charge is 0.492 e. The van der Waals surface area contributed by atoms with E-state index >= 15 is 0 Å². The zero-order chi connectivity index (χ0) is 15.9. The molecule has 0 aromatic heterocycles. The van der Waals surface area contributed by atoms with Crippen molar-refractivity contribution in [1.82, 2.24) is 10.2 Å². The normalized spacial score (nSPS) is 11.5. The van der Waals surface area contributed by atoms with Gasteiger partial charge in [0.1, 0.15) is 18.9 Å². The minimum Gasteiger partial charge on any atom is -0.492 e. The van der Waals surface area contributed by atoms with E-state index in [1.807, 2.05) is 36.5 Å². The fourth-order valence-electron chi connectivity index (χ4n) is 1.61. The van der Waals surface area contributed by atoms with Gasteiger partial charge in [0.15, 0.2) is 0 Å². The number of aryl methyl sites for hydroxylation is 1. The number of hydrogen-bond donors (Lipinski definition) is 1. The Kier molecular flexibility index (Phi) is 6.48.